The maximum Gasteiger partial charge on any atom is 0.330 e. The Morgan fingerprint density at radius 3 is 2.54 bits per heavy atom. The first-order valence-corrected chi connectivity index (χ1v) is 15.4. The molecule has 0 amide bonds. The van der Waals surface area contributed by atoms with Gasteiger partial charge >= 0.3 is 11.9 Å². The lowest BCUT2D eigenvalue weighted by atomic mass is 9.98. The zero-order valence-electron chi connectivity index (χ0n) is 21.2. The summed E-state index contributed by atoms with van der Waals surface area (Å²) in [4.78, 5) is 27.5. The summed E-state index contributed by atoms with van der Waals surface area (Å²) in [6, 6.07) is 12.9. The number of ether oxygens (including phenoxy) is 2. The van der Waals surface area contributed by atoms with Gasteiger partial charge in [0.2, 0.25) is 8.87 Å². The van der Waals surface area contributed by atoms with Crippen LogP contribution >= 0.6 is 22.4 Å². The third-order valence-corrected chi connectivity index (χ3v) is 10.3. The highest BCUT2D eigenvalue weighted by Crippen LogP contribution is 2.39. The van der Waals surface area contributed by atoms with Crippen molar-refractivity contribution in [3.8, 4) is 0 Å². The number of halogens is 1. The molecule has 2 unspecified atom stereocenters. The third-order valence-electron chi connectivity index (χ3n) is 6.07. The van der Waals surface area contributed by atoms with Crippen LogP contribution in [0, 0.1) is 6.92 Å². The Hall–Kier alpha value is -2.33. The lowest BCUT2D eigenvalue weighted by Crippen LogP contribution is -2.43. The fraction of sp³-hybridized carbons (Fsp3) is 0.407. The average Bonchev–Trinajstić information content (AvgIpc) is 2.87. The molecule has 2 aromatic rings. The Morgan fingerprint density at radius 2 is 1.89 bits per heavy atom. The van der Waals surface area contributed by atoms with Gasteiger partial charge in [0, 0.05) is 29.4 Å². The van der Waals surface area contributed by atoms with Crippen LogP contribution in [0.5, 0.6) is 0 Å². The van der Waals surface area contributed by atoms with Crippen LogP contribution in [-0.4, -0.2) is 57.3 Å². The quantitative estimate of drug-likeness (QED) is 0.165. The van der Waals surface area contributed by atoms with Crippen LogP contribution in [0.4, 0.5) is 0 Å². The van der Waals surface area contributed by atoms with E-state index in [1.807, 2.05) is 18.7 Å². The van der Waals surface area contributed by atoms with E-state index in [-0.39, 0.29) is 18.0 Å². The van der Waals surface area contributed by atoms with Crippen LogP contribution in [0.15, 0.2) is 65.1 Å². The highest BCUT2D eigenvalue weighted by Gasteiger charge is 2.37. The summed E-state index contributed by atoms with van der Waals surface area (Å²) >= 11 is 6.42. The van der Waals surface area contributed by atoms with Gasteiger partial charge in [0.1, 0.15) is 6.04 Å². The number of nitrogens with zero attached hydrogens (tertiary/aromatic N) is 1. The minimum absolute atomic E-state index is 0.176. The van der Waals surface area contributed by atoms with Crippen LogP contribution in [-0.2, 0) is 27.9 Å². The van der Waals surface area contributed by atoms with Crippen LogP contribution < -0.4 is 0 Å². The minimum atomic E-state index is -3.69. The number of hydrogen-bond acceptors (Lipinski definition) is 8. The molecule has 0 spiro atoms. The molecule has 10 heteroatoms. The van der Waals surface area contributed by atoms with Gasteiger partial charge in [-0.1, -0.05) is 60.8 Å². The summed E-state index contributed by atoms with van der Waals surface area (Å²) in [5.41, 5.74) is 2.11. The Bertz CT molecular complexity index is 1230. The van der Waals surface area contributed by atoms with Crippen molar-refractivity contribution in [2.45, 2.75) is 49.3 Å². The van der Waals surface area contributed by atoms with Crippen molar-refractivity contribution in [3.63, 3.8) is 0 Å². The Kier molecular flexibility index (Phi) is 10.6. The maximum atomic E-state index is 13.2. The van der Waals surface area contributed by atoms with Gasteiger partial charge in [-0.25, -0.2) is 18.0 Å². The molecule has 0 saturated carbocycles. The lowest BCUT2D eigenvalue weighted by molar-refractivity contribution is -0.147. The highest BCUT2D eigenvalue weighted by atomic mass is 35.5. The number of rotatable bonds is 10. The number of methoxy groups -OCH3 is 1. The molecule has 1 aliphatic rings. The first-order chi connectivity index (χ1) is 17.7. The number of carbonyl (C=O) groups excluding carboxylic acids is 2. The normalized spacial score (nSPS) is 18.4. The fourth-order valence-electron chi connectivity index (χ4n) is 4.06. The zero-order chi connectivity index (χ0) is 27.0. The molecule has 0 aromatic heterocycles. The lowest BCUT2D eigenvalue weighted by Gasteiger charge is -2.37. The standard InChI is InChI=1S/C27H32ClNO6S2/c1-4-5-16-35-25(30)17-20-18-29(26(27(31)34-3)22-8-6-7-9-23(22)28)15-14-24(20)36-37(32,33)21-12-10-19(2)11-13-21/h6-13,17,24,26H,4-5,14-16,18H2,1-3H3/b20-17+. The molecular formula is C27H32ClNO6S2. The fourth-order valence-corrected chi connectivity index (χ4v) is 7.89. The molecule has 0 aliphatic carbocycles. The molecule has 1 aliphatic heterocycles. The smallest absolute Gasteiger partial charge is 0.330 e. The molecular weight excluding hydrogens is 534 g/mol. The second-order valence-corrected chi connectivity index (χ2v) is 13.2. The SMILES string of the molecule is CCCCOC(=O)/C=C1\CN(C(C(=O)OC)c2ccccc2Cl)CCC1SS(=O)(=O)c1ccc(C)cc1. The van der Waals surface area contributed by atoms with E-state index in [1.54, 1.807) is 48.5 Å². The number of unbranched alkanes of at least 4 members (excludes halogenated alkanes) is 1. The molecule has 3 rings (SSSR count). The number of piperidine rings is 1. The summed E-state index contributed by atoms with van der Waals surface area (Å²) in [5, 5.41) is -0.0772. The molecule has 0 radical (unpaired) electrons. The summed E-state index contributed by atoms with van der Waals surface area (Å²) in [6.07, 6.45) is 3.37. The van der Waals surface area contributed by atoms with Crippen LogP contribution in [0.25, 0.3) is 0 Å². The van der Waals surface area contributed by atoms with E-state index >= 15 is 0 Å². The van der Waals surface area contributed by atoms with Crippen LogP contribution in [0.3, 0.4) is 0 Å². The maximum absolute atomic E-state index is 13.2. The van der Waals surface area contributed by atoms with E-state index < -0.39 is 32.1 Å². The van der Waals surface area contributed by atoms with Gasteiger partial charge in [0.25, 0.3) is 0 Å². The Balaban J connectivity index is 1.92. The molecule has 200 valence electrons. The van der Waals surface area contributed by atoms with E-state index in [0.29, 0.717) is 29.1 Å². The Labute approximate surface area is 227 Å². The van der Waals surface area contributed by atoms with Gasteiger partial charge in [0.15, 0.2) is 0 Å². The number of esters is 2. The molecule has 7 nitrogen and oxygen atoms in total. The first-order valence-electron chi connectivity index (χ1n) is 12.1. The summed E-state index contributed by atoms with van der Waals surface area (Å²) in [5.74, 6) is -1.02. The van der Waals surface area contributed by atoms with Gasteiger partial charge < -0.3 is 9.47 Å². The molecule has 1 heterocycles. The molecule has 0 N–H and O–H groups in total. The van der Waals surface area contributed by atoms with Gasteiger partial charge in [0.05, 0.1) is 18.6 Å². The molecule has 0 bridgehead atoms. The van der Waals surface area contributed by atoms with E-state index in [0.717, 1.165) is 29.2 Å². The van der Waals surface area contributed by atoms with Gasteiger partial charge in [-0.3, -0.25) is 4.90 Å². The van der Waals surface area contributed by atoms with Crippen LogP contribution in [0.1, 0.15) is 43.4 Å². The first kappa shape index (κ1) is 29.2. The number of hydrogen-bond donors (Lipinski definition) is 0. The van der Waals surface area contributed by atoms with Crippen molar-refractivity contribution in [2.24, 2.45) is 0 Å². The van der Waals surface area contributed by atoms with Crippen LogP contribution in [0.2, 0.25) is 5.02 Å². The second kappa shape index (κ2) is 13.5. The number of aryl methyl sites for hydroxylation is 1. The average molecular weight is 566 g/mol. The summed E-state index contributed by atoms with van der Waals surface area (Å²) in [7, 11) is -1.57. The zero-order valence-corrected chi connectivity index (χ0v) is 23.6. The molecule has 1 fully saturated rings. The largest absolute Gasteiger partial charge is 0.468 e. The number of likely N-dealkylation sites (tertiary alicyclic amines) is 1. The van der Waals surface area contributed by atoms with Crippen molar-refractivity contribution in [3.05, 3.63) is 76.3 Å². The van der Waals surface area contributed by atoms with Gasteiger partial charge in [-0.05, 0) is 59.9 Å². The number of carbonyl (C=O) groups is 2. The number of benzene rings is 2. The molecule has 1 saturated heterocycles. The van der Waals surface area contributed by atoms with Crippen molar-refractivity contribution < 1.29 is 27.5 Å². The van der Waals surface area contributed by atoms with E-state index in [9.17, 15) is 18.0 Å². The Morgan fingerprint density at radius 1 is 1.19 bits per heavy atom. The molecule has 37 heavy (non-hydrogen) atoms. The van der Waals surface area contributed by atoms with E-state index in [2.05, 4.69) is 0 Å². The van der Waals surface area contributed by atoms with E-state index in [1.165, 1.54) is 13.2 Å². The summed E-state index contributed by atoms with van der Waals surface area (Å²) < 4.78 is 36.8. The summed E-state index contributed by atoms with van der Waals surface area (Å²) in [6.45, 7) is 4.74. The predicted octanol–water partition coefficient (Wildman–Crippen LogP) is 5.33. The predicted molar refractivity (Wildman–Crippen MR) is 146 cm³/mol. The van der Waals surface area contributed by atoms with Gasteiger partial charge in [-0.2, -0.15) is 0 Å². The second-order valence-electron chi connectivity index (χ2n) is 8.80. The third kappa shape index (κ3) is 7.83. The molecule has 2 aromatic carbocycles. The van der Waals surface area contributed by atoms with Crippen molar-refractivity contribution in [1.29, 1.82) is 0 Å². The monoisotopic (exact) mass is 565 g/mol. The molecule has 2 atom stereocenters. The van der Waals surface area contributed by atoms with Crippen molar-refractivity contribution >= 4 is 43.2 Å². The topological polar surface area (TPSA) is 90.0 Å². The van der Waals surface area contributed by atoms with Crippen molar-refractivity contribution in [2.75, 3.05) is 26.8 Å². The highest BCUT2D eigenvalue weighted by molar-refractivity contribution is 8.72. The minimum Gasteiger partial charge on any atom is -0.468 e. The van der Waals surface area contributed by atoms with E-state index in [4.69, 9.17) is 21.1 Å². The van der Waals surface area contributed by atoms with Crippen molar-refractivity contribution in [1.82, 2.24) is 4.90 Å². The van der Waals surface area contributed by atoms with Gasteiger partial charge in [-0.15, -0.1) is 0 Å².